The summed E-state index contributed by atoms with van der Waals surface area (Å²) in [7, 11) is 0. The summed E-state index contributed by atoms with van der Waals surface area (Å²) in [5.74, 6) is 0.356. The maximum Gasteiger partial charge on any atom is 0.132 e. The van der Waals surface area contributed by atoms with Gasteiger partial charge in [0.05, 0.1) is 5.52 Å². The van der Waals surface area contributed by atoms with Crippen LogP contribution in [0.3, 0.4) is 0 Å². The van der Waals surface area contributed by atoms with E-state index < -0.39 is 0 Å². The molecular weight excluding hydrogens is 289 g/mol. The number of aryl methyl sites for hydroxylation is 1. The van der Waals surface area contributed by atoms with Crippen LogP contribution in [0.25, 0.3) is 10.9 Å². The highest BCUT2D eigenvalue weighted by Gasteiger charge is 2.26. The molecule has 0 amide bonds. The second kappa shape index (κ2) is 5.76. The summed E-state index contributed by atoms with van der Waals surface area (Å²) in [6.07, 6.45) is 12.0. The molecule has 0 radical (unpaired) electrons. The highest BCUT2D eigenvalue weighted by molar-refractivity contribution is 5.84. The number of halogens is 1. The number of hydrogen-bond donors (Lipinski definition) is 0. The number of aromatic nitrogens is 3. The number of rotatable bonds is 2. The van der Waals surface area contributed by atoms with Gasteiger partial charge in [-0.1, -0.05) is 12.5 Å². The molecule has 0 saturated heterocycles. The first-order valence-electron chi connectivity index (χ1n) is 8.24. The summed E-state index contributed by atoms with van der Waals surface area (Å²) in [5, 5.41) is 0.732. The van der Waals surface area contributed by atoms with Crippen molar-refractivity contribution in [3.8, 4) is 0 Å². The van der Waals surface area contributed by atoms with Crippen molar-refractivity contribution in [2.24, 2.45) is 0 Å². The standard InChI is InChI=1S/C19H20FN3/c1-13-5-6-18(20)17-7-8-23(19(13)17)16-4-2-3-14(9-16)15-10-21-12-22-11-15/h5-8,10-12,14,16H,2-4,9H2,1H3/t14-,16+/m1/s1. The Kier molecular flexibility index (Phi) is 3.60. The van der Waals surface area contributed by atoms with E-state index in [0.29, 0.717) is 12.0 Å². The van der Waals surface area contributed by atoms with Crippen molar-refractivity contribution < 1.29 is 4.39 Å². The van der Waals surface area contributed by atoms with Gasteiger partial charge in [-0.25, -0.2) is 14.4 Å². The summed E-state index contributed by atoms with van der Waals surface area (Å²) in [6.45, 7) is 2.06. The van der Waals surface area contributed by atoms with Crippen LogP contribution < -0.4 is 0 Å². The fraction of sp³-hybridized carbons (Fsp3) is 0.368. The van der Waals surface area contributed by atoms with Crippen LogP contribution in [-0.4, -0.2) is 14.5 Å². The first kappa shape index (κ1) is 14.4. The second-order valence-corrected chi connectivity index (χ2v) is 6.54. The molecule has 0 unspecified atom stereocenters. The first-order valence-corrected chi connectivity index (χ1v) is 8.24. The molecule has 1 aliphatic carbocycles. The first-order chi connectivity index (χ1) is 11.2. The van der Waals surface area contributed by atoms with Crippen LogP contribution in [0.2, 0.25) is 0 Å². The molecule has 0 aliphatic heterocycles. The van der Waals surface area contributed by atoms with E-state index in [4.69, 9.17) is 0 Å². The lowest BCUT2D eigenvalue weighted by atomic mass is 9.82. The molecule has 3 nitrogen and oxygen atoms in total. The molecule has 2 aromatic heterocycles. The maximum atomic E-state index is 14.1. The van der Waals surface area contributed by atoms with Gasteiger partial charge < -0.3 is 4.57 Å². The molecule has 4 rings (SSSR count). The van der Waals surface area contributed by atoms with Crippen molar-refractivity contribution in [3.63, 3.8) is 0 Å². The van der Waals surface area contributed by atoms with Crippen molar-refractivity contribution in [2.75, 3.05) is 0 Å². The molecule has 0 spiro atoms. The minimum atomic E-state index is -0.131. The van der Waals surface area contributed by atoms with Crippen LogP contribution in [0.1, 0.15) is 48.8 Å². The summed E-state index contributed by atoms with van der Waals surface area (Å²) in [6, 6.07) is 5.76. The Morgan fingerprint density at radius 2 is 1.96 bits per heavy atom. The SMILES string of the molecule is Cc1ccc(F)c2ccn([C@H]3CCC[C@@H](c4cncnc4)C3)c12. The summed E-state index contributed by atoms with van der Waals surface area (Å²) >= 11 is 0. The Morgan fingerprint density at radius 1 is 1.13 bits per heavy atom. The molecule has 4 heteroatoms. The van der Waals surface area contributed by atoms with Gasteiger partial charge in [0.2, 0.25) is 0 Å². The largest absolute Gasteiger partial charge is 0.344 e. The minimum absolute atomic E-state index is 0.131. The molecular formula is C19H20FN3. The van der Waals surface area contributed by atoms with Gasteiger partial charge in [0.15, 0.2) is 0 Å². The van der Waals surface area contributed by atoms with E-state index in [2.05, 4.69) is 27.7 Å². The lowest BCUT2D eigenvalue weighted by Gasteiger charge is -2.31. The average Bonchev–Trinajstić information content (AvgIpc) is 3.06. The summed E-state index contributed by atoms with van der Waals surface area (Å²) in [5.41, 5.74) is 3.40. The van der Waals surface area contributed by atoms with Gasteiger partial charge in [-0.2, -0.15) is 0 Å². The van der Waals surface area contributed by atoms with Gasteiger partial charge in [-0.3, -0.25) is 0 Å². The summed E-state index contributed by atoms with van der Waals surface area (Å²) < 4.78 is 16.3. The molecule has 3 aromatic rings. The Morgan fingerprint density at radius 3 is 2.78 bits per heavy atom. The number of benzene rings is 1. The lowest BCUT2D eigenvalue weighted by molar-refractivity contribution is 0.324. The van der Waals surface area contributed by atoms with Crippen molar-refractivity contribution in [1.29, 1.82) is 0 Å². The molecule has 2 heterocycles. The van der Waals surface area contributed by atoms with Crippen LogP contribution >= 0.6 is 0 Å². The van der Waals surface area contributed by atoms with E-state index in [1.165, 1.54) is 18.4 Å². The molecule has 1 aliphatic rings. The fourth-order valence-electron chi connectivity index (χ4n) is 3.97. The monoisotopic (exact) mass is 309 g/mol. The molecule has 1 saturated carbocycles. The zero-order chi connectivity index (χ0) is 15.8. The predicted molar refractivity (Wildman–Crippen MR) is 88.9 cm³/mol. The Bertz CT molecular complexity index is 825. The van der Waals surface area contributed by atoms with Crippen LogP contribution in [0.15, 0.2) is 43.1 Å². The third-order valence-electron chi connectivity index (χ3n) is 5.12. The van der Waals surface area contributed by atoms with Crippen LogP contribution in [-0.2, 0) is 0 Å². The quantitative estimate of drug-likeness (QED) is 0.682. The lowest BCUT2D eigenvalue weighted by Crippen LogP contribution is -2.18. The van der Waals surface area contributed by atoms with E-state index in [1.54, 1.807) is 12.4 Å². The van der Waals surface area contributed by atoms with Gasteiger partial charge in [0.1, 0.15) is 12.1 Å². The van der Waals surface area contributed by atoms with Gasteiger partial charge in [-0.05, 0) is 55.4 Å². The molecule has 0 bridgehead atoms. The minimum Gasteiger partial charge on any atom is -0.344 e. The molecule has 1 fully saturated rings. The third-order valence-corrected chi connectivity index (χ3v) is 5.12. The van der Waals surface area contributed by atoms with E-state index in [-0.39, 0.29) is 5.82 Å². The van der Waals surface area contributed by atoms with Crippen molar-refractivity contribution in [3.05, 3.63) is 60.1 Å². The van der Waals surface area contributed by atoms with E-state index in [0.717, 1.165) is 29.3 Å². The van der Waals surface area contributed by atoms with E-state index >= 15 is 0 Å². The van der Waals surface area contributed by atoms with E-state index in [9.17, 15) is 4.39 Å². The highest BCUT2D eigenvalue weighted by atomic mass is 19.1. The van der Waals surface area contributed by atoms with Crippen LogP contribution in [0, 0.1) is 12.7 Å². The third kappa shape index (κ3) is 2.52. The van der Waals surface area contributed by atoms with Gasteiger partial charge in [0.25, 0.3) is 0 Å². The Balaban J connectivity index is 1.70. The van der Waals surface area contributed by atoms with Crippen molar-refractivity contribution in [1.82, 2.24) is 14.5 Å². The van der Waals surface area contributed by atoms with Crippen molar-refractivity contribution in [2.45, 2.75) is 44.6 Å². The smallest absolute Gasteiger partial charge is 0.132 e. The maximum absolute atomic E-state index is 14.1. The topological polar surface area (TPSA) is 30.7 Å². The van der Waals surface area contributed by atoms with Gasteiger partial charge in [-0.15, -0.1) is 0 Å². The Labute approximate surface area is 135 Å². The number of fused-ring (bicyclic) bond motifs is 1. The fourth-order valence-corrected chi connectivity index (χ4v) is 3.97. The molecule has 23 heavy (non-hydrogen) atoms. The van der Waals surface area contributed by atoms with Crippen LogP contribution in [0.5, 0.6) is 0 Å². The number of nitrogens with zero attached hydrogens (tertiary/aromatic N) is 3. The second-order valence-electron chi connectivity index (χ2n) is 6.54. The van der Waals surface area contributed by atoms with Gasteiger partial charge >= 0.3 is 0 Å². The molecule has 118 valence electrons. The summed E-state index contributed by atoms with van der Waals surface area (Å²) in [4.78, 5) is 8.31. The normalized spacial score (nSPS) is 21.7. The van der Waals surface area contributed by atoms with Gasteiger partial charge in [0, 0.05) is 30.0 Å². The molecule has 2 atom stereocenters. The molecule has 0 N–H and O–H groups in total. The van der Waals surface area contributed by atoms with E-state index in [1.807, 2.05) is 24.5 Å². The average molecular weight is 309 g/mol. The zero-order valence-electron chi connectivity index (χ0n) is 13.2. The predicted octanol–water partition coefficient (Wildman–Crippen LogP) is 4.78. The number of hydrogen-bond acceptors (Lipinski definition) is 2. The molecule has 1 aromatic carbocycles. The highest BCUT2D eigenvalue weighted by Crippen LogP contribution is 2.40. The van der Waals surface area contributed by atoms with Crippen molar-refractivity contribution >= 4 is 10.9 Å². The Hall–Kier alpha value is -2.23. The zero-order valence-corrected chi connectivity index (χ0v) is 13.2. The van der Waals surface area contributed by atoms with Crippen LogP contribution in [0.4, 0.5) is 4.39 Å².